The minimum atomic E-state index is -0.552. The minimum absolute atomic E-state index is 0.0567. The van der Waals surface area contributed by atoms with Crippen molar-refractivity contribution in [2.45, 2.75) is 16.7 Å². The van der Waals surface area contributed by atoms with Crippen molar-refractivity contribution in [1.29, 1.82) is 0 Å². The summed E-state index contributed by atoms with van der Waals surface area (Å²) >= 11 is 11.0. The molecule has 0 fully saturated rings. The standard InChI is InChI=1S/C17H15BrClNO2S/c1-10-7-16(23-13-5-3-12(19)4-6-13)11(8-14(10)18)9-15(20)17(21)22-2/h3-9H,20H2,1-2H3/b15-9-. The third-order valence-corrected chi connectivity index (χ3v) is 5.25. The van der Waals surface area contributed by atoms with Crippen LogP contribution in [0.15, 0.2) is 56.4 Å². The summed E-state index contributed by atoms with van der Waals surface area (Å²) in [6.45, 7) is 2.01. The average molecular weight is 413 g/mol. The van der Waals surface area contributed by atoms with E-state index in [-0.39, 0.29) is 5.70 Å². The van der Waals surface area contributed by atoms with Gasteiger partial charge in [0.25, 0.3) is 0 Å². The van der Waals surface area contributed by atoms with Gasteiger partial charge in [0.05, 0.1) is 7.11 Å². The van der Waals surface area contributed by atoms with Crippen LogP contribution in [0.1, 0.15) is 11.1 Å². The third-order valence-electron chi connectivity index (χ3n) is 3.06. The second-order valence-electron chi connectivity index (χ2n) is 4.79. The van der Waals surface area contributed by atoms with E-state index < -0.39 is 5.97 Å². The molecule has 0 aliphatic carbocycles. The number of aryl methyl sites for hydroxylation is 1. The zero-order valence-corrected chi connectivity index (χ0v) is 15.8. The molecule has 0 atom stereocenters. The van der Waals surface area contributed by atoms with E-state index in [0.29, 0.717) is 5.02 Å². The molecule has 0 bridgehead atoms. The quantitative estimate of drug-likeness (QED) is 0.565. The molecule has 0 aliphatic heterocycles. The summed E-state index contributed by atoms with van der Waals surface area (Å²) in [5.74, 6) is -0.552. The molecular weight excluding hydrogens is 398 g/mol. The van der Waals surface area contributed by atoms with Gasteiger partial charge in [0.15, 0.2) is 0 Å². The van der Waals surface area contributed by atoms with Crippen molar-refractivity contribution in [3.8, 4) is 0 Å². The maximum absolute atomic E-state index is 11.5. The number of carbonyl (C=O) groups is 1. The lowest BCUT2D eigenvalue weighted by Gasteiger charge is -2.10. The molecule has 0 unspecified atom stereocenters. The normalized spacial score (nSPS) is 11.4. The van der Waals surface area contributed by atoms with Gasteiger partial charge in [0.2, 0.25) is 0 Å². The summed E-state index contributed by atoms with van der Waals surface area (Å²) in [6.07, 6.45) is 1.62. The van der Waals surface area contributed by atoms with Crippen LogP contribution in [0.4, 0.5) is 0 Å². The summed E-state index contributed by atoms with van der Waals surface area (Å²) < 4.78 is 5.59. The lowest BCUT2D eigenvalue weighted by molar-refractivity contribution is -0.136. The Kier molecular flexibility index (Phi) is 6.16. The van der Waals surface area contributed by atoms with Crippen LogP contribution >= 0.6 is 39.3 Å². The van der Waals surface area contributed by atoms with E-state index >= 15 is 0 Å². The number of halogens is 2. The average Bonchev–Trinajstić information content (AvgIpc) is 2.53. The highest BCUT2D eigenvalue weighted by atomic mass is 79.9. The molecule has 0 saturated heterocycles. The van der Waals surface area contributed by atoms with Gasteiger partial charge >= 0.3 is 5.97 Å². The van der Waals surface area contributed by atoms with Crippen molar-refractivity contribution in [3.63, 3.8) is 0 Å². The minimum Gasteiger partial charge on any atom is -0.464 e. The molecule has 0 spiro atoms. The Labute approximate surface area is 153 Å². The smallest absolute Gasteiger partial charge is 0.353 e. The second kappa shape index (κ2) is 7.90. The van der Waals surface area contributed by atoms with Gasteiger partial charge in [-0.1, -0.05) is 39.3 Å². The number of hydrogen-bond acceptors (Lipinski definition) is 4. The molecular formula is C17H15BrClNO2S. The van der Waals surface area contributed by atoms with Crippen LogP contribution in [-0.2, 0) is 9.53 Å². The largest absolute Gasteiger partial charge is 0.464 e. The summed E-state index contributed by atoms with van der Waals surface area (Å²) in [5.41, 5.74) is 7.76. The van der Waals surface area contributed by atoms with Gasteiger partial charge in [-0.3, -0.25) is 0 Å². The van der Waals surface area contributed by atoms with Gasteiger partial charge in [-0.15, -0.1) is 0 Å². The third kappa shape index (κ3) is 4.77. The van der Waals surface area contributed by atoms with Crippen molar-refractivity contribution in [2.75, 3.05) is 7.11 Å². The van der Waals surface area contributed by atoms with E-state index in [1.165, 1.54) is 7.11 Å². The zero-order chi connectivity index (χ0) is 17.0. The topological polar surface area (TPSA) is 52.3 Å². The molecule has 0 aromatic heterocycles. The first-order chi connectivity index (χ1) is 10.9. The van der Waals surface area contributed by atoms with Crippen LogP contribution in [0, 0.1) is 6.92 Å². The van der Waals surface area contributed by atoms with Crippen LogP contribution in [0.3, 0.4) is 0 Å². The van der Waals surface area contributed by atoms with Crippen LogP contribution in [-0.4, -0.2) is 13.1 Å². The Bertz CT molecular complexity index is 760. The Morgan fingerprint density at radius 3 is 2.57 bits per heavy atom. The number of benzene rings is 2. The van der Waals surface area contributed by atoms with Gasteiger partial charge in [-0.05, 0) is 60.5 Å². The molecule has 2 aromatic carbocycles. The molecule has 120 valence electrons. The Balaban J connectivity index is 2.43. The Morgan fingerprint density at radius 1 is 1.30 bits per heavy atom. The van der Waals surface area contributed by atoms with Crippen molar-refractivity contribution in [3.05, 3.63) is 62.7 Å². The van der Waals surface area contributed by atoms with E-state index in [0.717, 1.165) is 25.4 Å². The van der Waals surface area contributed by atoms with Crippen LogP contribution in [0.5, 0.6) is 0 Å². The maximum atomic E-state index is 11.5. The molecule has 6 heteroatoms. The Morgan fingerprint density at radius 2 is 1.96 bits per heavy atom. The van der Waals surface area contributed by atoms with Gasteiger partial charge in [-0.2, -0.15) is 0 Å². The molecule has 0 heterocycles. The highest BCUT2D eigenvalue weighted by Crippen LogP contribution is 2.35. The van der Waals surface area contributed by atoms with E-state index in [1.807, 2.05) is 43.3 Å². The fraction of sp³-hybridized carbons (Fsp3) is 0.118. The van der Waals surface area contributed by atoms with E-state index in [4.69, 9.17) is 17.3 Å². The van der Waals surface area contributed by atoms with E-state index in [1.54, 1.807) is 17.8 Å². The highest BCUT2D eigenvalue weighted by Gasteiger charge is 2.10. The lowest BCUT2D eigenvalue weighted by Crippen LogP contribution is -2.12. The first-order valence-electron chi connectivity index (χ1n) is 6.69. The van der Waals surface area contributed by atoms with Crippen LogP contribution in [0.2, 0.25) is 5.02 Å². The van der Waals surface area contributed by atoms with Crippen molar-refractivity contribution >= 4 is 51.3 Å². The number of nitrogens with two attached hydrogens (primary N) is 1. The molecule has 3 nitrogen and oxygen atoms in total. The summed E-state index contributed by atoms with van der Waals surface area (Å²) in [6, 6.07) is 11.5. The number of ether oxygens (including phenoxy) is 1. The van der Waals surface area contributed by atoms with E-state index in [2.05, 4.69) is 20.7 Å². The lowest BCUT2D eigenvalue weighted by atomic mass is 10.1. The van der Waals surface area contributed by atoms with Crippen molar-refractivity contribution < 1.29 is 9.53 Å². The van der Waals surface area contributed by atoms with Gasteiger partial charge in [-0.25, -0.2) is 4.79 Å². The fourth-order valence-electron chi connectivity index (χ4n) is 1.85. The molecule has 0 radical (unpaired) electrons. The van der Waals surface area contributed by atoms with Gasteiger partial charge < -0.3 is 10.5 Å². The highest BCUT2D eigenvalue weighted by molar-refractivity contribution is 9.10. The number of rotatable bonds is 4. The monoisotopic (exact) mass is 411 g/mol. The molecule has 23 heavy (non-hydrogen) atoms. The molecule has 2 rings (SSSR count). The molecule has 0 aliphatic rings. The predicted octanol–water partition coefficient (Wildman–Crippen LogP) is 5.03. The number of methoxy groups -OCH3 is 1. The summed E-state index contributed by atoms with van der Waals surface area (Å²) in [7, 11) is 1.30. The van der Waals surface area contributed by atoms with Crippen LogP contribution < -0.4 is 5.73 Å². The predicted molar refractivity (Wildman–Crippen MR) is 98.6 cm³/mol. The molecule has 0 saturated carbocycles. The first-order valence-corrected chi connectivity index (χ1v) is 8.68. The van der Waals surface area contributed by atoms with Crippen molar-refractivity contribution in [2.24, 2.45) is 5.73 Å². The summed E-state index contributed by atoms with van der Waals surface area (Å²) in [4.78, 5) is 13.6. The van der Waals surface area contributed by atoms with Gasteiger partial charge in [0, 0.05) is 19.3 Å². The maximum Gasteiger partial charge on any atom is 0.353 e. The van der Waals surface area contributed by atoms with Crippen molar-refractivity contribution in [1.82, 2.24) is 0 Å². The zero-order valence-electron chi connectivity index (χ0n) is 12.6. The molecule has 2 aromatic rings. The fourth-order valence-corrected chi connectivity index (χ4v) is 3.33. The number of esters is 1. The SMILES string of the molecule is COC(=O)/C(N)=C/c1cc(Br)c(C)cc1Sc1ccc(Cl)cc1. The Hall–Kier alpha value is -1.43. The number of carbonyl (C=O) groups excluding carboxylic acids is 1. The van der Waals surface area contributed by atoms with E-state index in [9.17, 15) is 4.79 Å². The van der Waals surface area contributed by atoms with Gasteiger partial charge in [0.1, 0.15) is 5.70 Å². The summed E-state index contributed by atoms with van der Waals surface area (Å²) in [5, 5.41) is 0.691. The molecule has 0 amide bonds. The first kappa shape index (κ1) is 17.9. The number of hydrogen-bond donors (Lipinski definition) is 1. The van der Waals surface area contributed by atoms with Crippen LogP contribution in [0.25, 0.3) is 6.08 Å². The molecule has 2 N–H and O–H groups in total. The second-order valence-corrected chi connectivity index (χ2v) is 7.19.